The van der Waals surface area contributed by atoms with E-state index >= 15 is 0 Å². The molecule has 1 aliphatic rings. The number of ether oxygens (including phenoxy) is 1. The molecule has 0 saturated carbocycles. The highest BCUT2D eigenvalue weighted by molar-refractivity contribution is 7.89. The van der Waals surface area contributed by atoms with Crippen LogP contribution in [0.15, 0.2) is 52.9 Å². The van der Waals surface area contributed by atoms with Crippen molar-refractivity contribution in [3.63, 3.8) is 0 Å². The van der Waals surface area contributed by atoms with Gasteiger partial charge in [0.05, 0.1) is 16.5 Å². The minimum atomic E-state index is -3.80. The lowest BCUT2D eigenvalue weighted by molar-refractivity contribution is -0.118. The maximum absolute atomic E-state index is 12.5. The molecule has 3 N–H and O–H groups in total. The first-order valence-electron chi connectivity index (χ1n) is 7.80. The molecular formula is C18H17ClN2O4S. The van der Waals surface area contributed by atoms with Gasteiger partial charge in [0.2, 0.25) is 10.0 Å². The van der Waals surface area contributed by atoms with Gasteiger partial charge in [-0.3, -0.25) is 4.79 Å². The lowest BCUT2D eigenvalue weighted by atomic mass is 10.1. The number of carbonyl (C=O) groups excluding carboxylic acids is 1. The third-order valence-corrected chi connectivity index (χ3v) is 5.16. The summed E-state index contributed by atoms with van der Waals surface area (Å²) < 4.78 is 28.5. The van der Waals surface area contributed by atoms with Crippen molar-refractivity contribution < 1.29 is 17.9 Å². The smallest absolute Gasteiger partial charge is 0.251 e. The van der Waals surface area contributed by atoms with E-state index in [1.54, 1.807) is 43.3 Å². The van der Waals surface area contributed by atoms with Crippen LogP contribution in [0.3, 0.4) is 0 Å². The second kappa shape index (κ2) is 7.11. The molecule has 1 heterocycles. The number of hydrogen-bond acceptors (Lipinski definition) is 4. The Morgan fingerprint density at radius 1 is 1.27 bits per heavy atom. The average molecular weight is 393 g/mol. The maximum atomic E-state index is 12.5. The topological polar surface area (TPSA) is 98.5 Å². The van der Waals surface area contributed by atoms with Crippen LogP contribution in [0.1, 0.15) is 24.1 Å². The summed E-state index contributed by atoms with van der Waals surface area (Å²) in [7, 11) is -3.80. The Balaban J connectivity index is 1.78. The van der Waals surface area contributed by atoms with Crippen LogP contribution < -0.4 is 15.2 Å². The van der Waals surface area contributed by atoms with Crippen LogP contribution >= 0.6 is 11.6 Å². The highest BCUT2D eigenvalue weighted by Gasteiger charge is 2.20. The predicted octanol–water partition coefficient (Wildman–Crippen LogP) is 2.64. The van der Waals surface area contributed by atoms with E-state index in [4.69, 9.17) is 21.5 Å². The minimum Gasteiger partial charge on any atom is -0.488 e. The van der Waals surface area contributed by atoms with E-state index in [-0.39, 0.29) is 17.4 Å². The third-order valence-electron chi connectivity index (χ3n) is 4.01. The van der Waals surface area contributed by atoms with E-state index in [9.17, 15) is 13.2 Å². The van der Waals surface area contributed by atoms with Crippen molar-refractivity contribution in [2.24, 2.45) is 5.14 Å². The van der Waals surface area contributed by atoms with Gasteiger partial charge in [0.25, 0.3) is 5.91 Å². The van der Waals surface area contributed by atoms with Crippen LogP contribution in [0.4, 0.5) is 0 Å². The molecule has 1 atom stereocenters. The summed E-state index contributed by atoms with van der Waals surface area (Å²) in [5, 5.41) is 8.54. The van der Waals surface area contributed by atoms with Crippen molar-refractivity contribution in [2.45, 2.75) is 17.9 Å². The van der Waals surface area contributed by atoms with Gasteiger partial charge in [0.1, 0.15) is 12.4 Å². The summed E-state index contributed by atoms with van der Waals surface area (Å²) in [5.41, 5.74) is 1.82. The molecule has 3 rings (SSSR count). The van der Waals surface area contributed by atoms with Crippen molar-refractivity contribution in [3.8, 4) is 5.75 Å². The number of nitrogens with one attached hydrogen (secondary N) is 1. The number of amides is 1. The van der Waals surface area contributed by atoms with E-state index in [1.165, 1.54) is 12.1 Å². The fraction of sp³-hybridized carbons (Fsp3) is 0.167. The molecule has 0 saturated heterocycles. The number of nitrogens with two attached hydrogens (primary N) is 1. The molecule has 1 aliphatic heterocycles. The molecule has 0 aromatic heterocycles. The molecule has 2 aromatic carbocycles. The zero-order valence-electron chi connectivity index (χ0n) is 13.9. The molecular weight excluding hydrogens is 376 g/mol. The summed E-state index contributed by atoms with van der Waals surface area (Å²) >= 11 is 5.98. The summed E-state index contributed by atoms with van der Waals surface area (Å²) in [6.45, 7) is 1.90. The monoisotopic (exact) mass is 392 g/mol. The van der Waals surface area contributed by atoms with Crippen molar-refractivity contribution >= 4 is 33.6 Å². The molecule has 0 fully saturated rings. The van der Waals surface area contributed by atoms with Gasteiger partial charge in [-0.2, -0.15) is 0 Å². The zero-order valence-corrected chi connectivity index (χ0v) is 15.5. The Labute approximate surface area is 156 Å². The number of benzene rings is 2. The molecule has 136 valence electrons. The van der Waals surface area contributed by atoms with E-state index in [0.717, 1.165) is 5.56 Å². The van der Waals surface area contributed by atoms with Gasteiger partial charge in [0, 0.05) is 10.6 Å². The molecule has 26 heavy (non-hydrogen) atoms. The fourth-order valence-corrected chi connectivity index (χ4v) is 3.36. The molecule has 6 nitrogen and oxygen atoms in total. The molecule has 0 spiro atoms. The fourth-order valence-electron chi connectivity index (χ4n) is 2.61. The standard InChI is InChI=1S/C18H17ClN2O4S/c1-11(12-3-2-4-16(9-12)26(20,23)24)21-18(22)14-7-13-8-15(19)5-6-17(13)25-10-14/h2-9,11H,10H2,1H3,(H,21,22)(H2,20,23,24)/t11-/m1/s1. The molecule has 0 aliphatic carbocycles. The first kappa shape index (κ1) is 18.4. The lowest BCUT2D eigenvalue weighted by Crippen LogP contribution is -2.31. The number of sulfonamides is 1. The van der Waals surface area contributed by atoms with E-state index in [1.807, 2.05) is 0 Å². The van der Waals surface area contributed by atoms with Gasteiger partial charge in [-0.15, -0.1) is 0 Å². The summed E-state index contributed by atoms with van der Waals surface area (Å²) in [6.07, 6.45) is 1.73. The Kier molecular flexibility index (Phi) is 5.04. The summed E-state index contributed by atoms with van der Waals surface area (Å²) in [4.78, 5) is 12.5. The van der Waals surface area contributed by atoms with E-state index in [2.05, 4.69) is 5.32 Å². The quantitative estimate of drug-likeness (QED) is 0.835. The van der Waals surface area contributed by atoms with Crippen molar-refractivity contribution in [3.05, 3.63) is 64.2 Å². The van der Waals surface area contributed by atoms with E-state index in [0.29, 0.717) is 21.9 Å². The third kappa shape index (κ3) is 4.07. The Morgan fingerprint density at radius 2 is 2.04 bits per heavy atom. The summed E-state index contributed by atoms with van der Waals surface area (Å²) in [6, 6.07) is 10.9. The number of primary sulfonamides is 1. The van der Waals surface area contributed by atoms with E-state index < -0.39 is 16.1 Å². The molecule has 2 aromatic rings. The van der Waals surface area contributed by atoms with Crippen LogP contribution in [0.25, 0.3) is 6.08 Å². The van der Waals surface area contributed by atoms with Crippen LogP contribution in [-0.4, -0.2) is 20.9 Å². The normalized spacial score (nSPS) is 14.7. The minimum absolute atomic E-state index is 0.000108. The van der Waals surface area contributed by atoms with Gasteiger partial charge in [-0.1, -0.05) is 23.7 Å². The highest BCUT2D eigenvalue weighted by Crippen LogP contribution is 2.29. The predicted molar refractivity (Wildman–Crippen MR) is 99.3 cm³/mol. The first-order chi connectivity index (χ1) is 12.2. The average Bonchev–Trinajstić information content (AvgIpc) is 2.60. The number of hydrogen-bond donors (Lipinski definition) is 2. The Morgan fingerprint density at radius 3 is 2.77 bits per heavy atom. The van der Waals surface area contributed by atoms with Crippen LogP contribution in [-0.2, 0) is 14.8 Å². The number of halogens is 1. The van der Waals surface area contributed by atoms with Gasteiger partial charge in [-0.25, -0.2) is 13.6 Å². The van der Waals surface area contributed by atoms with Crippen LogP contribution in [0.2, 0.25) is 5.02 Å². The highest BCUT2D eigenvalue weighted by atomic mass is 35.5. The molecule has 1 amide bonds. The van der Waals surface area contributed by atoms with Gasteiger partial charge < -0.3 is 10.1 Å². The largest absolute Gasteiger partial charge is 0.488 e. The lowest BCUT2D eigenvalue weighted by Gasteiger charge is -2.20. The second-order valence-corrected chi connectivity index (χ2v) is 7.95. The molecule has 0 unspecified atom stereocenters. The van der Waals surface area contributed by atoms with Crippen molar-refractivity contribution in [1.29, 1.82) is 0 Å². The van der Waals surface area contributed by atoms with Gasteiger partial charge in [-0.05, 0) is 48.9 Å². The van der Waals surface area contributed by atoms with Crippen LogP contribution in [0.5, 0.6) is 5.75 Å². The van der Waals surface area contributed by atoms with Crippen molar-refractivity contribution in [2.75, 3.05) is 6.61 Å². The second-order valence-electron chi connectivity index (χ2n) is 5.95. The van der Waals surface area contributed by atoms with Crippen LogP contribution in [0, 0.1) is 0 Å². The Bertz CT molecular complexity index is 1000. The number of rotatable bonds is 4. The molecule has 8 heteroatoms. The van der Waals surface area contributed by atoms with Gasteiger partial charge >= 0.3 is 0 Å². The maximum Gasteiger partial charge on any atom is 0.251 e. The van der Waals surface area contributed by atoms with Gasteiger partial charge in [0.15, 0.2) is 0 Å². The molecule has 0 bridgehead atoms. The Hall–Kier alpha value is -2.35. The zero-order chi connectivity index (χ0) is 18.9. The SMILES string of the molecule is C[C@@H](NC(=O)C1=Cc2cc(Cl)ccc2OC1)c1cccc(S(N)(=O)=O)c1. The number of carbonyl (C=O) groups is 1. The van der Waals surface area contributed by atoms with Crippen molar-refractivity contribution in [1.82, 2.24) is 5.32 Å². The number of fused-ring (bicyclic) bond motifs is 1. The molecule has 0 radical (unpaired) electrons. The summed E-state index contributed by atoms with van der Waals surface area (Å²) in [5.74, 6) is 0.365. The first-order valence-corrected chi connectivity index (χ1v) is 9.73.